The fourth-order valence-electron chi connectivity index (χ4n) is 4.18. The predicted octanol–water partition coefficient (Wildman–Crippen LogP) is 2.20. The van der Waals surface area contributed by atoms with Crippen molar-refractivity contribution in [3.05, 3.63) is 28.9 Å². The Bertz CT molecular complexity index is 745. The maximum atomic E-state index is 11.1. The number of benzene rings is 1. The van der Waals surface area contributed by atoms with Crippen molar-refractivity contribution >= 4 is 28.4 Å². The lowest BCUT2D eigenvalue weighted by atomic mass is 9.85. The molecule has 2 aliphatic carbocycles. The molecule has 1 unspecified atom stereocenters. The lowest BCUT2D eigenvalue weighted by Gasteiger charge is -2.27. The average molecular weight is 320 g/mol. The number of hydrogen-bond donors (Lipinski definition) is 3. The Kier molecular flexibility index (Phi) is 3.00. The Morgan fingerprint density at radius 3 is 2.91 bits per heavy atom. The fourth-order valence-corrected chi connectivity index (χ4v) is 4.40. The molecule has 3 N–H and O–H groups in total. The summed E-state index contributed by atoms with van der Waals surface area (Å²) in [5.74, 6) is 1.48. The van der Waals surface area contributed by atoms with Gasteiger partial charge in [-0.2, -0.15) is 5.10 Å². The van der Waals surface area contributed by atoms with E-state index in [0.29, 0.717) is 22.8 Å². The highest BCUT2D eigenvalue weighted by Gasteiger charge is 2.61. The first-order valence-corrected chi connectivity index (χ1v) is 7.96. The van der Waals surface area contributed by atoms with Crippen LogP contribution in [0.4, 0.5) is 0 Å². The quantitative estimate of drug-likeness (QED) is 0.811. The van der Waals surface area contributed by atoms with Gasteiger partial charge in [0.1, 0.15) is 0 Å². The van der Waals surface area contributed by atoms with Crippen LogP contribution in [0.1, 0.15) is 25.3 Å². The number of carbonyl (C=O) groups is 1. The van der Waals surface area contributed by atoms with Gasteiger partial charge in [0.2, 0.25) is 5.91 Å². The minimum absolute atomic E-state index is 0.00943. The summed E-state index contributed by atoms with van der Waals surface area (Å²) in [5, 5.41) is 22.5. The molecule has 4 rings (SSSR count). The summed E-state index contributed by atoms with van der Waals surface area (Å²) < 4.78 is 0. The third-order valence-electron chi connectivity index (χ3n) is 5.27. The molecule has 1 amide bonds. The van der Waals surface area contributed by atoms with E-state index in [1.807, 2.05) is 12.1 Å². The second-order valence-electron chi connectivity index (χ2n) is 6.65. The Morgan fingerprint density at radius 2 is 2.23 bits per heavy atom. The van der Waals surface area contributed by atoms with Crippen molar-refractivity contribution in [3.63, 3.8) is 0 Å². The first kappa shape index (κ1) is 14.0. The zero-order valence-corrected chi connectivity index (χ0v) is 13.0. The number of nitrogens with zero attached hydrogens (tertiary/aromatic N) is 1. The van der Waals surface area contributed by atoms with E-state index >= 15 is 0 Å². The molecule has 0 saturated heterocycles. The summed E-state index contributed by atoms with van der Waals surface area (Å²) in [6.07, 6.45) is 3.20. The van der Waals surface area contributed by atoms with Crippen molar-refractivity contribution in [1.29, 1.82) is 0 Å². The summed E-state index contributed by atoms with van der Waals surface area (Å²) in [4.78, 5) is 11.0. The van der Waals surface area contributed by atoms with Gasteiger partial charge in [-0.1, -0.05) is 11.6 Å². The van der Waals surface area contributed by atoms with E-state index < -0.39 is 5.60 Å². The van der Waals surface area contributed by atoms with Crippen LogP contribution >= 0.6 is 11.6 Å². The minimum atomic E-state index is -0.838. The molecule has 5 nitrogen and oxygen atoms in total. The molecule has 2 fully saturated rings. The number of aromatic amines is 1. The molecule has 2 saturated carbocycles. The van der Waals surface area contributed by atoms with Crippen LogP contribution in [0, 0.1) is 17.8 Å². The van der Waals surface area contributed by atoms with Gasteiger partial charge in [0.15, 0.2) is 0 Å². The van der Waals surface area contributed by atoms with Crippen LogP contribution in [0.25, 0.3) is 10.9 Å². The van der Waals surface area contributed by atoms with E-state index in [4.69, 9.17) is 11.6 Å². The van der Waals surface area contributed by atoms with E-state index in [2.05, 4.69) is 15.5 Å². The molecule has 1 aromatic carbocycles. The largest absolute Gasteiger partial charge is 0.385 e. The molecule has 0 bridgehead atoms. The molecule has 4 atom stereocenters. The lowest BCUT2D eigenvalue weighted by Crippen LogP contribution is -2.28. The smallest absolute Gasteiger partial charge is 0.216 e. The topological polar surface area (TPSA) is 78.0 Å². The Balaban J connectivity index is 1.57. The maximum absolute atomic E-state index is 11.1. The maximum Gasteiger partial charge on any atom is 0.216 e. The van der Waals surface area contributed by atoms with E-state index in [1.54, 1.807) is 6.20 Å². The van der Waals surface area contributed by atoms with Crippen molar-refractivity contribution in [1.82, 2.24) is 15.5 Å². The van der Waals surface area contributed by atoms with E-state index in [-0.39, 0.29) is 5.91 Å². The van der Waals surface area contributed by atoms with Crippen LogP contribution in [0.5, 0.6) is 0 Å². The van der Waals surface area contributed by atoms with E-state index in [0.717, 1.165) is 35.9 Å². The number of hydrogen-bond acceptors (Lipinski definition) is 3. The number of H-pyrrole nitrogens is 1. The first-order chi connectivity index (χ1) is 10.5. The van der Waals surface area contributed by atoms with Crippen LogP contribution < -0.4 is 5.32 Å². The molecule has 2 aliphatic rings. The van der Waals surface area contributed by atoms with Gasteiger partial charge in [0.05, 0.1) is 17.3 Å². The monoisotopic (exact) mass is 319 g/mol. The van der Waals surface area contributed by atoms with Gasteiger partial charge in [0, 0.05) is 23.9 Å². The Morgan fingerprint density at radius 1 is 1.50 bits per heavy atom. The van der Waals surface area contributed by atoms with Gasteiger partial charge in [-0.15, -0.1) is 0 Å². The minimum Gasteiger partial charge on any atom is -0.385 e. The van der Waals surface area contributed by atoms with Crippen LogP contribution in [0.2, 0.25) is 5.02 Å². The third-order valence-corrected chi connectivity index (χ3v) is 5.49. The third kappa shape index (κ3) is 2.11. The zero-order chi connectivity index (χ0) is 15.5. The molecule has 2 aromatic rings. The van der Waals surface area contributed by atoms with Crippen LogP contribution in [0.3, 0.4) is 0 Å². The molecule has 22 heavy (non-hydrogen) atoms. The summed E-state index contributed by atoms with van der Waals surface area (Å²) in [5.41, 5.74) is 0.884. The van der Waals surface area contributed by atoms with Crippen LogP contribution in [-0.2, 0) is 10.4 Å². The second kappa shape index (κ2) is 4.70. The molecule has 0 spiro atoms. The standard InChI is InChI=1S/C16H18ClN3O2/c1-8(21)18-6-12-10-4-16(22,5-11(10)12)14-2-9(17)3-15-13(14)7-19-20-15/h2-3,7,10-12,22H,4-6H2,1H3,(H,18,21)(H,19,20)/t10-,11+,12?,16+. The highest BCUT2D eigenvalue weighted by atomic mass is 35.5. The number of nitrogens with one attached hydrogen (secondary N) is 2. The molecule has 116 valence electrons. The number of amides is 1. The highest BCUT2D eigenvalue weighted by molar-refractivity contribution is 6.31. The highest BCUT2D eigenvalue weighted by Crippen LogP contribution is 2.63. The molecule has 6 heteroatoms. The predicted molar refractivity (Wildman–Crippen MR) is 83.4 cm³/mol. The first-order valence-electron chi connectivity index (χ1n) is 7.58. The Labute approximate surface area is 133 Å². The van der Waals surface area contributed by atoms with Crippen molar-refractivity contribution < 1.29 is 9.90 Å². The molecular weight excluding hydrogens is 302 g/mol. The van der Waals surface area contributed by atoms with E-state index in [9.17, 15) is 9.90 Å². The normalized spacial score (nSPS) is 33.0. The second-order valence-corrected chi connectivity index (χ2v) is 7.09. The van der Waals surface area contributed by atoms with Gasteiger partial charge in [-0.05, 0) is 48.3 Å². The van der Waals surface area contributed by atoms with Gasteiger partial charge in [-0.3, -0.25) is 9.89 Å². The van der Waals surface area contributed by atoms with Crippen molar-refractivity contribution in [2.45, 2.75) is 25.4 Å². The molecule has 0 aliphatic heterocycles. The van der Waals surface area contributed by atoms with Gasteiger partial charge in [0.25, 0.3) is 0 Å². The number of halogens is 1. The van der Waals surface area contributed by atoms with Gasteiger partial charge in [-0.25, -0.2) is 0 Å². The number of aliphatic hydroxyl groups is 1. The SMILES string of the molecule is CC(=O)NCC1[C@H]2C[C@](O)(c3cc(Cl)cc4[nH]ncc34)C[C@@H]12. The molecular formula is C16H18ClN3O2. The average Bonchev–Trinajstić information content (AvgIpc) is 2.81. The summed E-state index contributed by atoms with van der Waals surface area (Å²) in [6, 6.07) is 3.68. The number of fused-ring (bicyclic) bond motifs is 2. The zero-order valence-electron chi connectivity index (χ0n) is 12.3. The summed E-state index contributed by atoms with van der Waals surface area (Å²) in [6.45, 7) is 2.26. The van der Waals surface area contributed by atoms with Crippen molar-refractivity contribution in [2.24, 2.45) is 17.8 Å². The molecule has 1 aromatic heterocycles. The van der Waals surface area contributed by atoms with Gasteiger partial charge >= 0.3 is 0 Å². The number of rotatable bonds is 3. The van der Waals surface area contributed by atoms with Crippen LogP contribution in [-0.4, -0.2) is 27.8 Å². The van der Waals surface area contributed by atoms with Crippen LogP contribution in [0.15, 0.2) is 18.3 Å². The summed E-state index contributed by atoms with van der Waals surface area (Å²) in [7, 11) is 0. The molecule has 0 radical (unpaired) electrons. The number of aromatic nitrogens is 2. The van der Waals surface area contributed by atoms with Crippen molar-refractivity contribution in [2.75, 3.05) is 6.54 Å². The molecule has 1 heterocycles. The lowest BCUT2D eigenvalue weighted by molar-refractivity contribution is -0.119. The fraction of sp³-hybridized carbons (Fsp3) is 0.500. The summed E-state index contributed by atoms with van der Waals surface area (Å²) >= 11 is 6.18. The Hall–Kier alpha value is -1.59. The van der Waals surface area contributed by atoms with Gasteiger partial charge < -0.3 is 10.4 Å². The van der Waals surface area contributed by atoms with Crippen molar-refractivity contribution in [3.8, 4) is 0 Å². The number of carbonyl (C=O) groups excluding carboxylic acids is 1. The van der Waals surface area contributed by atoms with E-state index in [1.165, 1.54) is 6.92 Å².